The van der Waals surface area contributed by atoms with Gasteiger partial charge in [-0.25, -0.2) is 9.37 Å². The van der Waals surface area contributed by atoms with Gasteiger partial charge in [0.15, 0.2) is 22.4 Å². The zero-order chi connectivity index (χ0) is 26.3. The lowest BCUT2D eigenvalue weighted by Crippen LogP contribution is -2.37. The van der Waals surface area contributed by atoms with Gasteiger partial charge in [0, 0.05) is 29.4 Å². The second-order valence-electron chi connectivity index (χ2n) is 10.0. The number of fused-ring (bicyclic) bond motifs is 1. The Bertz CT molecular complexity index is 1480. The summed E-state index contributed by atoms with van der Waals surface area (Å²) in [4.78, 5) is 34.5. The zero-order valence-electron chi connectivity index (χ0n) is 21.1. The molecular formula is C28H28FN3O4S. The van der Waals surface area contributed by atoms with E-state index in [4.69, 9.17) is 14.5 Å². The predicted octanol–water partition coefficient (Wildman–Crippen LogP) is 5.42. The monoisotopic (exact) mass is 521 g/mol. The van der Waals surface area contributed by atoms with Crippen molar-refractivity contribution >= 4 is 23.4 Å². The molecule has 1 aliphatic carbocycles. The van der Waals surface area contributed by atoms with Crippen LogP contribution in [0.25, 0.3) is 0 Å². The van der Waals surface area contributed by atoms with E-state index < -0.39 is 5.92 Å². The number of H-pyrrole nitrogens is 1. The molecule has 0 saturated carbocycles. The van der Waals surface area contributed by atoms with Gasteiger partial charge >= 0.3 is 0 Å². The molecule has 0 spiro atoms. The number of hydrogen-bond donors (Lipinski definition) is 2. The fourth-order valence-corrected chi connectivity index (χ4v) is 5.94. The number of Topliss-reactive ketones (excluding diaryl/α,β-unsaturated/α-hetero) is 1. The molecule has 2 aliphatic rings. The van der Waals surface area contributed by atoms with Crippen LogP contribution < -0.4 is 20.3 Å². The average molecular weight is 522 g/mol. The maximum Gasteiger partial charge on any atom is 0.257 e. The molecule has 0 bridgehead atoms. The molecule has 2 heterocycles. The minimum atomic E-state index is -0.614. The number of anilines is 1. The summed E-state index contributed by atoms with van der Waals surface area (Å²) in [6, 6.07) is 11.9. The molecule has 5 rings (SSSR count). The minimum absolute atomic E-state index is 0.00147. The van der Waals surface area contributed by atoms with Crippen LogP contribution in [0.2, 0.25) is 0 Å². The van der Waals surface area contributed by atoms with Crippen LogP contribution in [0, 0.1) is 11.2 Å². The predicted molar refractivity (Wildman–Crippen MR) is 141 cm³/mol. The van der Waals surface area contributed by atoms with Crippen molar-refractivity contribution in [2.24, 2.45) is 5.41 Å². The first-order valence-corrected chi connectivity index (χ1v) is 12.9. The van der Waals surface area contributed by atoms with Crippen LogP contribution >= 0.6 is 11.8 Å². The van der Waals surface area contributed by atoms with Crippen molar-refractivity contribution in [2.45, 2.75) is 43.5 Å². The number of methoxy groups -OCH3 is 2. The number of rotatable bonds is 6. The average Bonchev–Trinajstić information content (AvgIpc) is 2.85. The van der Waals surface area contributed by atoms with Crippen molar-refractivity contribution in [3.05, 3.63) is 86.6 Å². The normalized spacial score (nSPS) is 18.1. The van der Waals surface area contributed by atoms with Gasteiger partial charge in [0.2, 0.25) is 0 Å². The van der Waals surface area contributed by atoms with Gasteiger partial charge in [-0.2, -0.15) is 0 Å². The molecule has 7 nitrogen and oxygen atoms in total. The summed E-state index contributed by atoms with van der Waals surface area (Å²) in [7, 11) is 3.10. The number of benzene rings is 2. The molecule has 192 valence electrons. The molecule has 37 heavy (non-hydrogen) atoms. The third kappa shape index (κ3) is 4.75. The summed E-state index contributed by atoms with van der Waals surface area (Å²) >= 11 is 1.25. The maximum atomic E-state index is 14.1. The van der Waals surface area contributed by atoms with Gasteiger partial charge in [-0.1, -0.05) is 49.9 Å². The van der Waals surface area contributed by atoms with E-state index in [1.54, 1.807) is 44.6 Å². The molecule has 0 radical (unpaired) electrons. The highest BCUT2D eigenvalue weighted by Crippen LogP contribution is 2.48. The first-order chi connectivity index (χ1) is 17.7. The number of thioether (sulfide) groups is 1. The quantitative estimate of drug-likeness (QED) is 0.331. The highest BCUT2D eigenvalue weighted by atomic mass is 32.2. The van der Waals surface area contributed by atoms with E-state index in [1.807, 2.05) is 6.07 Å². The number of hydrogen-bond acceptors (Lipinski definition) is 7. The number of ether oxygens (including phenoxy) is 2. The summed E-state index contributed by atoms with van der Waals surface area (Å²) in [5.74, 6) is 0.860. The topological polar surface area (TPSA) is 93.3 Å². The highest BCUT2D eigenvalue weighted by Gasteiger charge is 2.42. The van der Waals surface area contributed by atoms with E-state index >= 15 is 0 Å². The van der Waals surface area contributed by atoms with Crippen molar-refractivity contribution in [1.82, 2.24) is 9.97 Å². The van der Waals surface area contributed by atoms with Gasteiger partial charge in [-0.15, -0.1) is 0 Å². The molecule has 0 fully saturated rings. The molecule has 0 amide bonds. The highest BCUT2D eigenvalue weighted by molar-refractivity contribution is 7.98. The Labute approximate surface area is 218 Å². The summed E-state index contributed by atoms with van der Waals surface area (Å²) in [5.41, 5.74) is 2.40. The third-order valence-electron chi connectivity index (χ3n) is 6.76. The van der Waals surface area contributed by atoms with Gasteiger partial charge < -0.3 is 19.8 Å². The molecule has 0 saturated heterocycles. The number of nitrogens with zero attached hydrogens (tertiary/aromatic N) is 1. The van der Waals surface area contributed by atoms with Crippen LogP contribution in [0.4, 0.5) is 10.2 Å². The maximum absolute atomic E-state index is 14.1. The molecule has 3 aromatic rings. The largest absolute Gasteiger partial charge is 0.493 e. The fraction of sp³-hybridized carbons (Fsp3) is 0.321. The molecule has 2 N–H and O–H groups in total. The summed E-state index contributed by atoms with van der Waals surface area (Å²) in [6.07, 6.45) is 1.03. The molecule has 1 atom stereocenters. The van der Waals surface area contributed by atoms with E-state index in [0.29, 0.717) is 57.8 Å². The van der Waals surface area contributed by atoms with Crippen LogP contribution in [-0.4, -0.2) is 30.0 Å². The Kier molecular flexibility index (Phi) is 6.58. The van der Waals surface area contributed by atoms with Gasteiger partial charge in [0.1, 0.15) is 11.6 Å². The number of carbonyl (C=O) groups is 1. The van der Waals surface area contributed by atoms with Crippen molar-refractivity contribution in [3.8, 4) is 11.5 Å². The Morgan fingerprint density at radius 2 is 1.84 bits per heavy atom. The van der Waals surface area contributed by atoms with Gasteiger partial charge in [0.25, 0.3) is 5.56 Å². The Morgan fingerprint density at radius 1 is 1.08 bits per heavy atom. The van der Waals surface area contributed by atoms with Crippen LogP contribution in [0.15, 0.2) is 63.7 Å². The lowest BCUT2D eigenvalue weighted by molar-refractivity contribution is -0.118. The second-order valence-corrected chi connectivity index (χ2v) is 11.0. The third-order valence-corrected chi connectivity index (χ3v) is 7.69. The lowest BCUT2D eigenvalue weighted by atomic mass is 9.69. The fourth-order valence-electron chi connectivity index (χ4n) is 5.09. The lowest BCUT2D eigenvalue weighted by Gasteiger charge is -2.38. The Balaban J connectivity index is 1.61. The molecular weight excluding hydrogens is 493 g/mol. The zero-order valence-corrected chi connectivity index (χ0v) is 21.9. The number of allylic oxidation sites excluding steroid dienone is 2. The number of nitrogens with one attached hydrogen (secondary N) is 2. The summed E-state index contributed by atoms with van der Waals surface area (Å²) < 4.78 is 25.0. The van der Waals surface area contributed by atoms with Crippen molar-refractivity contribution < 1.29 is 18.7 Å². The summed E-state index contributed by atoms with van der Waals surface area (Å²) in [5, 5.41) is 3.68. The Hall–Kier alpha value is -3.59. The van der Waals surface area contributed by atoms with Crippen LogP contribution in [-0.2, 0) is 10.5 Å². The van der Waals surface area contributed by atoms with E-state index in [9.17, 15) is 14.0 Å². The van der Waals surface area contributed by atoms with Gasteiger partial charge in [0.05, 0.1) is 19.8 Å². The molecule has 1 aliphatic heterocycles. The van der Waals surface area contributed by atoms with Crippen molar-refractivity contribution in [2.75, 3.05) is 19.5 Å². The second kappa shape index (κ2) is 9.70. The molecule has 1 aromatic heterocycles. The molecule has 9 heteroatoms. The van der Waals surface area contributed by atoms with E-state index in [-0.39, 0.29) is 22.6 Å². The number of halogens is 1. The number of ketones is 1. The van der Waals surface area contributed by atoms with E-state index in [0.717, 1.165) is 11.3 Å². The smallest absolute Gasteiger partial charge is 0.257 e. The first-order valence-electron chi connectivity index (χ1n) is 12.0. The number of aromatic amines is 1. The van der Waals surface area contributed by atoms with E-state index in [2.05, 4.69) is 24.1 Å². The number of aromatic nitrogens is 2. The van der Waals surface area contributed by atoms with Crippen LogP contribution in [0.1, 0.15) is 49.3 Å². The van der Waals surface area contributed by atoms with Crippen molar-refractivity contribution in [3.63, 3.8) is 0 Å². The van der Waals surface area contributed by atoms with Crippen LogP contribution in [0.3, 0.4) is 0 Å². The van der Waals surface area contributed by atoms with Gasteiger partial charge in [-0.3, -0.25) is 9.59 Å². The first kappa shape index (κ1) is 25.1. The van der Waals surface area contributed by atoms with Gasteiger partial charge in [-0.05, 0) is 41.2 Å². The van der Waals surface area contributed by atoms with Crippen molar-refractivity contribution in [1.29, 1.82) is 0 Å². The van der Waals surface area contributed by atoms with Crippen LogP contribution in [0.5, 0.6) is 11.5 Å². The molecule has 0 unspecified atom stereocenters. The SMILES string of the molecule is COc1ccc([C@@H]2C3=C(CC(C)(C)CC3=O)Nc3nc(SCc4ccccc4F)[nH]c(=O)c32)cc1OC. The standard InChI is InChI=1S/C28H28FN3O4S/c1-28(2)12-18-23(19(33)13-28)22(15-9-10-20(35-3)21(11-15)36-4)24-25(30-18)31-27(32-26(24)34)37-14-16-7-5-6-8-17(16)29/h5-11,22H,12-14H2,1-4H3,(H2,30,31,32,34)/t22-/m1/s1. The minimum Gasteiger partial charge on any atom is -0.493 e. The number of carbonyl (C=O) groups excluding carboxylic acids is 1. The summed E-state index contributed by atoms with van der Waals surface area (Å²) in [6.45, 7) is 4.11. The molecule has 2 aromatic carbocycles. The van der Waals surface area contributed by atoms with E-state index in [1.165, 1.54) is 17.8 Å². The Morgan fingerprint density at radius 3 is 2.57 bits per heavy atom.